The first-order chi connectivity index (χ1) is 11.8. The van der Waals surface area contributed by atoms with Crippen molar-refractivity contribution in [3.8, 4) is 0 Å². The molecule has 2 aliphatic rings. The van der Waals surface area contributed by atoms with E-state index in [4.69, 9.17) is 16.6 Å². The molecule has 1 N–H and O–H groups in total. The maximum atomic E-state index is 6.30. The molecule has 4 nitrogen and oxygen atoms in total. The first-order valence-corrected chi connectivity index (χ1v) is 9.21. The average molecular weight is 343 g/mol. The van der Waals surface area contributed by atoms with E-state index in [9.17, 15) is 0 Å². The molecule has 2 fully saturated rings. The van der Waals surface area contributed by atoms with Gasteiger partial charge in [-0.3, -0.25) is 4.90 Å². The Balaban J connectivity index is 1.38. The van der Waals surface area contributed by atoms with Crippen molar-refractivity contribution < 1.29 is 0 Å². The van der Waals surface area contributed by atoms with Crippen molar-refractivity contribution >= 4 is 17.4 Å². The molecule has 0 spiro atoms. The Morgan fingerprint density at radius 3 is 2.88 bits per heavy atom. The van der Waals surface area contributed by atoms with Crippen LogP contribution in [0.4, 0.5) is 5.82 Å². The van der Waals surface area contributed by atoms with E-state index in [0.29, 0.717) is 12.0 Å². The zero-order valence-electron chi connectivity index (χ0n) is 13.8. The topological polar surface area (TPSA) is 41.0 Å². The highest BCUT2D eigenvalue weighted by Crippen LogP contribution is 2.38. The summed E-state index contributed by atoms with van der Waals surface area (Å²) in [6, 6.07) is 10.5. The normalized spacial score (nSPS) is 21.6. The molecule has 24 heavy (non-hydrogen) atoms. The van der Waals surface area contributed by atoms with E-state index in [1.165, 1.54) is 31.2 Å². The van der Waals surface area contributed by atoms with Crippen LogP contribution in [-0.4, -0.2) is 34.0 Å². The number of nitrogens with zero attached hydrogens (tertiary/aromatic N) is 3. The monoisotopic (exact) mass is 342 g/mol. The van der Waals surface area contributed by atoms with Crippen molar-refractivity contribution in [2.75, 3.05) is 18.4 Å². The zero-order chi connectivity index (χ0) is 16.4. The Morgan fingerprint density at radius 2 is 2.04 bits per heavy atom. The number of rotatable bonds is 5. The lowest BCUT2D eigenvalue weighted by atomic mass is 10.0. The van der Waals surface area contributed by atoms with E-state index in [1.54, 1.807) is 0 Å². The number of nitrogens with one attached hydrogen (secondary N) is 1. The second kappa shape index (κ2) is 7.08. The molecule has 126 valence electrons. The van der Waals surface area contributed by atoms with Crippen molar-refractivity contribution in [3.63, 3.8) is 0 Å². The zero-order valence-corrected chi connectivity index (χ0v) is 14.5. The minimum absolute atomic E-state index is 0.434. The van der Waals surface area contributed by atoms with Gasteiger partial charge in [0.05, 0.1) is 0 Å². The maximum Gasteiger partial charge on any atom is 0.133 e. The van der Waals surface area contributed by atoms with E-state index in [0.717, 1.165) is 36.3 Å². The third-order valence-electron chi connectivity index (χ3n) is 4.83. The van der Waals surface area contributed by atoms with Gasteiger partial charge in [-0.25, -0.2) is 9.97 Å². The molecule has 4 rings (SSSR count). The molecule has 1 unspecified atom stereocenters. The highest BCUT2D eigenvalue weighted by atomic mass is 35.5. The number of aromatic nitrogens is 2. The third kappa shape index (κ3) is 3.87. The minimum atomic E-state index is 0.434. The molecular formula is C19H23ClN4. The van der Waals surface area contributed by atoms with Crippen molar-refractivity contribution in [1.82, 2.24) is 14.9 Å². The first kappa shape index (κ1) is 15.9. The SMILES string of the molecule is Clc1ccccc1CN1CCCC(Nc2ccnc(C3CC3)n2)C1. The van der Waals surface area contributed by atoms with E-state index in [-0.39, 0.29) is 0 Å². The molecule has 1 saturated heterocycles. The lowest BCUT2D eigenvalue weighted by molar-refractivity contribution is 0.208. The molecule has 1 saturated carbocycles. The highest BCUT2D eigenvalue weighted by molar-refractivity contribution is 6.31. The largest absolute Gasteiger partial charge is 0.366 e. The van der Waals surface area contributed by atoms with Crippen LogP contribution >= 0.6 is 11.6 Å². The second-order valence-corrected chi connectivity index (χ2v) is 7.29. The lowest BCUT2D eigenvalue weighted by Crippen LogP contribution is -2.41. The lowest BCUT2D eigenvalue weighted by Gasteiger charge is -2.33. The number of hydrogen-bond acceptors (Lipinski definition) is 4. The highest BCUT2D eigenvalue weighted by Gasteiger charge is 2.27. The molecule has 1 aromatic carbocycles. The molecule has 5 heteroatoms. The molecule has 0 radical (unpaired) electrons. The Morgan fingerprint density at radius 1 is 1.17 bits per heavy atom. The van der Waals surface area contributed by atoms with Crippen LogP contribution in [0.15, 0.2) is 36.5 Å². The summed E-state index contributed by atoms with van der Waals surface area (Å²) in [5.41, 5.74) is 1.21. The summed E-state index contributed by atoms with van der Waals surface area (Å²) in [6.07, 6.45) is 6.73. The predicted molar refractivity (Wildman–Crippen MR) is 97.4 cm³/mol. The van der Waals surface area contributed by atoms with Crippen molar-refractivity contribution in [2.45, 2.75) is 44.2 Å². The summed E-state index contributed by atoms with van der Waals surface area (Å²) in [5, 5.41) is 4.47. The fourth-order valence-electron chi connectivity index (χ4n) is 3.39. The number of hydrogen-bond donors (Lipinski definition) is 1. The summed E-state index contributed by atoms with van der Waals surface area (Å²) in [6.45, 7) is 3.06. The van der Waals surface area contributed by atoms with Crippen LogP contribution in [0.25, 0.3) is 0 Å². The van der Waals surface area contributed by atoms with Gasteiger partial charge in [-0.2, -0.15) is 0 Å². The molecule has 2 heterocycles. The van der Waals surface area contributed by atoms with Crippen LogP contribution in [0.3, 0.4) is 0 Å². The van der Waals surface area contributed by atoms with E-state index < -0.39 is 0 Å². The van der Waals surface area contributed by atoms with Gasteiger partial charge >= 0.3 is 0 Å². The van der Waals surface area contributed by atoms with Gasteiger partial charge in [0.25, 0.3) is 0 Å². The minimum Gasteiger partial charge on any atom is -0.366 e. The van der Waals surface area contributed by atoms with Gasteiger partial charge in [0.2, 0.25) is 0 Å². The van der Waals surface area contributed by atoms with Gasteiger partial charge in [-0.1, -0.05) is 29.8 Å². The maximum absolute atomic E-state index is 6.30. The van der Waals surface area contributed by atoms with Gasteiger partial charge < -0.3 is 5.32 Å². The third-order valence-corrected chi connectivity index (χ3v) is 5.19. The number of halogens is 1. The summed E-state index contributed by atoms with van der Waals surface area (Å²) in [7, 11) is 0. The van der Waals surface area contributed by atoms with Crippen LogP contribution in [0.2, 0.25) is 5.02 Å². The fourth-order valence-corrected chi connectivity index (χ4v) is 3.58. The summed E-state index contributed by atoms with van der Waals surface area (Å²) in [5.74, 6) is 2.56. The number of benzene rings is 1. The van der Waals surface area contributed by atoms with Gasteiger partial charge in [-0.05, 0) is 49.9 Å². The smallest absolute Gasteiger partial charge is 0.133 e. The van der Waals surface area contributed by atoms with Gasteiger partial charge in [-0.15, -0.1) is 0 Å². The van der Waals surface area contributed by atoms with Crippen LogP contribution in [-0.2, 0) is 6.54 Å². The van der Waals surface area contributed by atoms with E-state index in [2.05, 4.69) is 27.3 Å². The van der Waals surface area contributed by atoms with Gasteiger partial charge in [0.1, 0.15) is 11.6 Å². The standard InChI is InChI=1S/C19H23ClN4/c20-17-6-2-1-4-15(17)12-24-11-3-5-16(13-24)22-18-9-10-21-19(23-18)14-7-8-14/h1-2,4,6,9-10,14,16H,3,5,7-8,11-13H2,(H,21,22,23). The summed E-state index contributed by atoms with van der Waals surface area (Å²) >= 11 is 6.30. The van der Waals surface area contributed by atoms with Crippen LogP contribution in [0.1, 0.15) is 43.0 Å². The molecule has 0 amide bonds. The molecule has 2 aromatic rings. The summed E-state index contributed by atoms with van der Waals surface area (Å²) < 4.78 is 0. The van der Waals surface area contributed by atoms with Crippen LogP contribution in [0.5, 0.6) is 0 Å². The molecule has 1 aromatic heterocycles. The Hall–Kier alpha value is -1.65. The molecular weight excluding hydrogens is 320 g/mol. The average Bonchev–Trinajstić information content (AvgIpc) is 3.43. The molecule has 0 bridgehead atoms. The predicted octanol–water partition coefficient (Wildman–Crippen LogP) is 4.08. The number of likely N-dealkylation sites (tertiary alicyclic amines) is 1. The first-order valence-electron chi connectivity index (χ1n) is 8.83. The van der Waals surface area contributed by atoms with Crippen molar-refractivity contribution in [2.24, 2.45) is 0 Å². The summed E-state index contributed by atoms with van der Waals surface area (Å²) in [4.78, 5) is 11.6. The van der Waals surface area contributed by atoms with Gasteiger partial charge in [0.15, 0.2) is 0 Å². The Labute approximate surface area is 148 Å². The number of piperidine rings is 1. The quantitative estimate of drug-likeness (QED) is 0.888. The Kier molecular flexibility index (Phi) is 4.67. The van der Waals surface area contributed by atoms with E-state index in [1.807, 2.05) is 24.4 Å². The second-order valence-electron chi connectivity index (χ2n) is 6.88. The van der Waals surface area contributed by atoms with Crippen LogP contribution < -0.4 is 5.32 Å². The van der Waals surface area contributed by atoms with Gasteiger partial charge in [0, 0.05) is 36.3 Å². The van der Waals surface area contributed by atoms with Crippen molar-refractivity contribution in [3.05, 3.63) is 52.9 Å². The van der Waals surface area contributed by atoms with E-state index >= 15 is 0 Å². The molecule has 1 aliphatic carbocycles. The number of anilines is 1. The van der Waals surface area contributed by atoms with Crippen LogP contribution in [0, 0.1) is 0 Å². The van der Waals surface area contributed by atoms with Crippen molar-refractivity contribution in [1.29, 1.82) is 0 Å². The molecule has 1 aliphatic heterocycles. The fraction of sp³-hybridized carbons (Fsp3) is 0.474. The molecule has 1 atom stereocenters. The Bertz CT molecular complexity index is 701.